The lowest BCUT2D eigenvalue weighted by Crippen LogP contribution is -2.39. The molecule has 0 radical (unpaired) electrons. The van der Waals surface area contributed by atoms with Crippen LogP contribution in [0.4, 0.5) is 11.5 Å². The number of aliphatic hydroxyl groups excluding tert-OH is 2. The van der Waals surface area contributed by atoms with E-state index >= 15 is 0 Å². The number of para-hydroxylation sites is 1. The van der Waals surface area contributed by atoms with Gasteiger partial charge in [-0.1, -0.05) is 18.2 Å². The zero-order chi connectivity index (χ0) is 22.4. The van der Waals surface area contributed by atoms with Crippen LogP contribution in [0.2, 0.25) is 0 Å². The van der Waals surface area contributed by atoms with Gasteiger partial charge in [-0.3, -0.25) is 9.48 Å². The number of nitrogens with two attached hydrogens (primary N) is 1. The first-order valence-corrected chi connectivity index (χ1v) is 9.92. The number of hydrogen-bond acceptors (Lipinski definition) is 8. The Kier molecular flexibility index (Phi) is 4.85. The summed E-state index contributed by atoms with van der Waals surface area (Å²) in [6.45, 7) is 0. The Balaban J connectivity index is 1.51. The monoisotopic (exact) mass is 435 g/mol. The number of hydrogen-bond donors (Lipinski definition) is 4. The topological polar surface area (TPSA) is 153 Å². The molecule has 164 valence electrons. The molecule has 4 aromatic rings. The predicted molar refractivity (Wildman–Crippen MR) is 115 cm³/mol. The second-order valence-electron chi connectivity index (χ2n) is 7.57. The minimum atomic E-state index is -1.45. The van der Waals surface area contributed by atoms with Gasteiger partial charge in [-0.15, -0.1) is 0 Å². The van der Waals surface area contributed by atoms with Gasteiger partial charge in [0.2, 0.25) is 0 Å². The number of carbonyl (C=O) groups excluding carboxylic acids is 1. The van der Waals surface area contributed by atoms with Gasteiger partial charge in [-0.25, -0.2) is 9.97 Å². The number of fused-ring (bicyclic) bond motifs is 1. The first-order valence-electron chi connectivity index (χ1n) is 9.92. The zero-order valence-electron chi connectivity index (χ0n) is 17.0. The van der Waals surface area contributed by atoms with Crippen molar-refractivity contribution in [1.82, 2.24) is 24.3 Å². The van der Waals surface area contributed by atoms with Gasteiger partial charge in [0.1, 0.15) is 30.0 Å². The largest absolute Gasteiger partial charge is 0.387 e. The summed E-state index contributed by atoms with van der Waals surface area (Å²) in [5.41, 5.74) is 8.33. The molecule has 1 aliphatic heterocycles. The fraction of sp³-hybridized carbons (Fsp3) is 0.238. The van der Waals surface area contributed by atoms with Crippen molar-refractivity contribution in [2.75, 3.05) is 11.1 Å². The van der Waals surface area contributed by atoms with Crippen molar-refractivity contribution in [2.45, 2.75) is 24.5 Å². The van der Waals surface area contributed by atoms with E-state index in [1.54, 1.807) is 53.0 Å². The number of rotatable bonds is 4. The van der Waals surface area contributed by atoms with E-state index in [1.807, 2.05) is 12.1 Å². The summed E-state index contributed by atoms with van der Waals surface area (Å²) in [5, 5.41) is 28.9. The molecule has 3 aromatic heterocycles. The summed E-state index contributed by atoms with van der Waals surface area (Å²) in [4.78, 5) is 21.1. The molecule has 0 aliphatic carbocycles. The molecule has 11 nitrogen and oxygen atoms in total. The van der Waals surface area contributed by atoms with Gasteiger partial charge in [0.15, 0.2) is 12.3 Å². The van der Waals surface area contributed by atoms with Crippen LogP contribution >= 0.6 is 0 Å². The molecule has 11 heteroatoms. The van der Waals surface area contributed by atoms with Crippen LogP contribution in [0.25, 0.3) is 22.3 Å². The highest BCUT2D eigenvalue weighted by Crippen LogP contribution is 2.38. The number of ether oxygens (including phenoxy) is 1. The number of carbonyl (C=O) groups is 1. The van der Waals surface area contributed by atoms with Crippen molar-refractivity contribution in [3.05, 3.63) is 55.1 Å². The quantitative estimate of drug-likeness (QED) is 0.365. The Morgan fingerprint density at radius 2 is 1.94 bits per heavy atom. The minimum Gasteiger partial charge on any atom is -0.387 e. The van der Waals surface area contributed by atoms with Gasteiger partial charge in [0, 0.05) is 30.7 Å². The number of anilines is 2. The lowest BCUT2D eigenvalue weighted by molar-refractivity contribution is -0.132. The van der Waals surface area contributed by atoms with E-state index in [2.05, 4.69) is 20.4 Å². The van der Waals surface area contributed by atoms with E-state index in [-0.39, 0.29) is 5.82 Å². The van der Waals surface area contributed by atoms with Crippen LogP contribution in [-0.2, 0) is 16.6 Å². The fourth-order valence-corrected chi connectivity index (χ4v) is 3.90. The van der Waals surface area contributed by atoms with Crippen molar-refractivity contribution in [1.29, 1.82) is 0 Å². The standard InChI is InChI=1S/C21H21N7O4/c1-27-8-7-13(26-27)12-9-28(19-14(12)18(22)23-10-24-19)21-16(30)15(29)17(32-21)20(31)25-11-5-3-2-4-6-11/h2-10,15-17,21,29-30H,1H3,(H,25,31)(H2,22,23,24)/t15-,16+,17-,21+/m0/s1. The summed E-state index contributed by atoms with van der Waals surface area (Å²) in [6, 6.07) is 10.6. The van der Waals surface area contributed by atoms with Crippen LogP contribution < -0.4 is 11.1 Å². The molecule has 4 heterocycles. The summed E-state index contributed by atoms with van der Waals surface area (Å²) in [7, 11) is 1.79. The van der Waals surface area contributed by atoms with Gasteiger partial charge in [-0.05, 0) is 18.2 Å². The highest BCUT2D eigenvalue weighted by atomic mass is 16.6. The van der Waals surface area contributed by atoms with E-state index in [0.29, 0.717) is 28.0 Å². The number of nitrogens with one attached hydrogen (secondary N) is 1. The van der Waals surface area contributed by atoms with Crippen molar-refractivity contribution < 1.29 is 19.7 Å². The molecule has 0 saturated carbocycles. The molecular formula is C21H21N7O4. The Hall–Kier alpha value is -3.80. The highest BCUT2D eigenvalue weighted by molar-refractivity contribution is 6.00. The molecule has 1 aromatic carbocycles. The third-order valence-electron chi connectivity index (χ3n) is 5.44. The van der Waals surface area contributed by atoms with Gasteiger partial charge < -0.3 is 30.6 Å². The van der Waals surface area contributed by atoms with E-state index in [0.717, 1.165) is 0 Å². The predicted octanol–water partition coefficient (Wildman–Crippen LogP) is 0.672. The number of aliphatic hydroxyl groups is 2. The summed E-state index contributed by atoms with van der Waals surface area (Å²) >= 11 is 0. The number of aromatic nitrogens is 5. The van der Waals surface area contributed by atoms with Crippen LogP contribution in [0.1, 0.15) is 6.23 Å². The van der Waals surface area contributed by atoms with Gasteiger partial charge >= 0.3 is 0 Å². The molecule has 1 saturated heterocycles. The highest BCUT2D eigenvalue weighted by Gasteiger charge is 2.48. The lowest BCUT2D eigenvalue weighted by Gasteiger charge is -2.17. The van der Waals surface area contributed by atoms with E-state index in [9.17, 15) is 15.0 Å². The molecule has 0 bridgehead atoms. The van der Waals surface area contributed by atoms with Gasteiger partial charge in [0.05, 0.1) is 11.1 Å². The van der Waals surface area contributed by atoms with Crippen molar-refractivity contribution in [3.63, 3.8) is 0 Å². The molecule has 5 N–H and O–H groups in total. The first kappa shape index (κ1) is 20.1. The first-order chi connectivity index (χ1) is 15.4. The fourth-order valence-electron chi connectivity index (χ4n) is 3.90. The maximum Gasteiger partial charge on any atom is 0.256 e. The average molecular weight is 435 g/mol. The normalized spacial score (nSPS) is 23.0. The maximum absolute atomic E-state index is 12.7. The summed E-state index contributed by atoms with van der Waals surface area (Å²) in [6.07, 6.45) is -0.434. The Bertz CT molecular complexity index is 1290. The summed E-state index contributed by atoms with van der Waals surface area (Å²) < 4.78 is 9.02. The number of benzene rings is 1. The van der Waals surface area contributed by atoms with Crippen LogP contribution in [0.5, 0.6) is 0 Å². The minimum absolute atomic E-state index is 0.237. The Morgan fingerprint density at radius 3 is 2.66 bits per heavy atom. The van der Waals surface area contributed by atoms with Crippen molar-refractivity contribution in [2.24, 2.45) is 7.05 Å². The Labute approximate surface area is 182 Å². The molecule has 1 amide bonds. The van der Waals surface area contributed by atoms with E-state index < -0.39 is 30.4 Å². The SMILES string of the molecule is Cn1ccc(-c2cn([C@@H]3O[C@H](C(=O)Nc4ccccc4)[C@@H](O)[C@H]3O)c3ncnc(N)c23)n1. The molecule has 0 spiro atoms. The van der Waals surface area contributed by atoms with E-state index in [4.69, 9.17) is 10.5 Å². The van der Waals surface area contributed by atoms with Gasteiger partial charge in [-0.2, -0.15) is 5.10 Å². The third-order valence-corrected chi connectivity index (χ3v) is 5.44. The summed E-state index contributed by atoms with van der Waals surface area (Å²) in [5.74, 6) is -0.332. The number of aryl methyl sites for hydroxylation is 1. The molecule has 0 unspecified atom stereocenters. The number of nitrogen functional groups attached to an aromatic ring is 1. The van der Waals surface area contributed by atoms with Gasteiger partial charge in [0.25, 0.3) is 5.91 Å². The molecule has 5 rings (SSSR count). The second-order valence-corrected chi connectivity index (χ2v) is 7.57. The molecular weight excluding hydrogens is 414 g/mol. The molecule has 32 heavy (non-hydrogen) atoms. The number of amides is 1. The van der Waals surface area contributed by atoms with Crippen LogP contribution in [0.15, 0.2) is 55.1 Å². The second kappa shape index (κ2) is 7.71. The lowest BCUT2D eigenvalue weighted by atomic mass is 10.1. The zero-order valence-corrected chi connectivity index (χ0v) is 17.0. The maximum atomic E-state index is 12.7. The third kappa shape index (κ3) is 3.28. The van der Waals surface area contributed by atoms with E-state index in [1.165, 1.54) is 6.33 Å². The van der Waals surface area contributed by atoms with Crippen molar-refractivity contribution >= 4 is 28.4 Å². The molecule has 4 atom stereocenters. The smallest absolute Gasteiger partial charge is 0.256 e. The molecule has 1 fully saturated rings. The van der Waals surface area contributed by atoms with Crippen LogP contribution in [0.3, 0.4) is 0 Å². The number of nitrogens with zero attached hydrogens (tertiary/aromatic N) is 5. The Morgan fingerprint density at radius 1 is 1.16 bits per heavy atom. The van der Waals surface area contributed by atoms with Crippen LogP contribution in [-0.4, -0.2) is 58.7 Å². The molecule has 1 aliphatic rings. The van der Waals surface area contributed by atoms with Crippen LogP contribution in [0, 0.1) is 0 Å². The van der Waals surface area contributed by atoms with Crippen molar-refractivity contribution in [3.8, 4) is 11.3 Å². The average Bonchev–Trinajstić information content (AvgIpc) is 3.46.